The Morgan fingerprint density at radius 2 is 1.80 bits per heavy atom. The summed E-state index contributed by atoms with van der Waals surface area (Å²) in [5, 5.41) is 0.574. The Morgan fingerprint density at radius 1 is 1.07 bits per heavy atom. The number of carbonyl (C=O) groups excluding carboxylic acids is 2. The molecule has 2 atom stereocenters. The molecule has 2 amide bonds. The Labute approximate surface area is 195 Å². The van der Waals surface area contributed by atoms with E-state index in [-0.39, 0.29) is 16.6 Å². The van der Waals surface area contributed by atoms with Crippen molar-refractivity contribution in [1.82, 2.24) is 0 Å². The molecule has 4 nitrogen and oxygen atoms in total. The monoisotopic (exact) mass is 544 g/mol. The summed E-state index contributed by atoms with van der Waals surface area (Å²) in [5.74, 6) is -0.322. The highest BCUT2D eigenvalue weighted by atomic mass is 79.9. The molecule has 0 aliphatic carbocycles. The highest BCUT2D eigenvalue weighted by Gasteiger charge is 2.63. The van der Waals surface area contributed by atoms with Crippen molar-refractivity contribution in [3.63, 3.8) is 0 Å². The van der Waals surface area contributed by atoms with E-state index in [1.165, 1.54) is 6.92 Å². The number of fused-ring (bicyclic) bond motifs is 3. The predicted octanol–water partition coefficient (Wildman–Crippen LogP) is 6.42. The van der Waals surface area contributed by atoms with Gasteiger partial charge in [-0.25, -0.2) is 0 Å². The lowest BCUT2D eigenvalue weighted by Gasteiger charge is -2.44. The van der Waals surface area contributed by atoms with Gasteiger partial charge in [-0.15, -0.1) is 0 Å². The van der Waals surface area contributed by atoms with Crippen molar-refractivity contribution in [3.8, 4) is 0 Å². The molecular weight excluding hydrogens is 532 g/mol. The molecular formula is C23H15Br2ClN2O2. The molecule has 30 heavy (non-hydrogen) atoms. The molecule has 5 rings (SSSR count). The molecule has 2 heterocycles. The number of rotatable bonds is 1. The maximum absolute atomic E-state index is 13.8. The van der Waals surface area contributed by atoms with Crippen LogP contribution in [0.5, 0.6) is 0 Å². The lowest BCUT2D eigenvalue weighted by molar-refractivity contribution is -0.117. The molecule has 2 aliphatic rings. The minimum atomic E-state index is -1.09. The van der Waals surface area contributed by atoms with Gasteiger partial charge in [0.25, 0.3) is 5.91 Å². The minimum absolute atomic E-state index is 0.160. The van der Waals surface area contributed by atoms with Crippen LogP contribution in [0, 0.1) is 0 Å². The predicted molar refractivity (Wildman–Crippen MR) is 125 cm³/mol. The van der Waals surface area contributed by atoms with Gasteiger partial charge in [-0.1, -0.05) is 67.7 Å². The van der Waals surface area contributed by atoms with Crippen molar-refractivity contribution < 1.29 is 9.59 Å². The average molecular weight is 547 g/mol. The van der Waals surface area contributed by atoms with E-state index < -0.39 is 5.66 Å². The third-order valence-electron chi connectivity index (χ3n) is 5.68. The van der Waals surface area contributed by atoms with E-state index in [9.17, 15) is 9.59 Å². The smallest absolute Gasteiger partial charge is 0.261 e. The van der Waals surface area contributed by atoms with Crippen molar-refractivity contribution >= 4 is 66.6 Å². The summed E-state index contributed by atoms with van der Waals surface area (Å²) in [6.45, 7) is 1.52. The van der Waals surface area contributed by atoms with Crippen LogP contribution in [0.1, 0.15) is 33.2 Å². The first-order valence-corrected chi connectivity index (χ1v) is 11.4. The topological polar surface area (TPSA) is 40.6 Å². The van der Waals surface area contributed by atoms with Gasteiger partial charge in [0.05, 0.1) is 10.5 Å². The molecule has 0 N–H and O–H groups in total. The fourth-order valence-electron chi connectivity index (χ4n) is 4.63. The number of carbonyl (C=O) groups is 2. The summed E-state index contributed by atoms with van der Waals surface area (Å²) >= 11 is 13.6. The first-order chi connectivity index (χ1) is 14.4. The van der Waals surface area contributed by atoms with Crippen LogP contribution in [0.3, 0.4) is 0 Å². The quantitative estimate of drug-likeness (QED) is 0.331. The molecule has 0 bridgehead atoms. The van der Waals surface area contributed by atoms with E-state index in [1.807, 2.05) is 60.7 Å². The molecule has 3 aromatic rings. The molecule has 0 radical (unpaired) electrons. The molecule has 7 heteroatoms. The number of para-hydroxylation sites is 1. The fraction of sp³-hybridized carbons (Fsp3) is 0.130. The van der Waals surface area contributed by atoms with Gasteiger partial charge in [-0.3, -0.25) is 19.4 Å². The second-order valence-corrected chi connectivity index (χ2v) is 9.58. The Kier molecular flexibility index (Phi) is 4.58. The maximum atomic E-state index is 13.8. The molecule has 2 aliphatic heterocycles. The van der Waals surface area contributed by atoms with Crippen LogP contribution in [-0.2, 0) is 10.5 Å². The van der Waals surface area contributed by atoms with Crippen LogP contribution >= 0.6 is 43.5 Å². The zero-order valence-electron chi connectivity index (χ0n) is 15.8. The fourth-order valence-corrected chi connectivity index (χ4v) is 6.19. The minimum Gasteiger partial charge on any atom is -0.282 e. The first-order valence-electron chi connectivity index (χ1n) is 9.31. The third kappa shape index (κ3) is 2.50. The van der Waals surface area contributed by atoms with Crippen LogP contribution in [0.15, 0.2) is 71.2 Å². The Balaban J connectivity index is 1.89. The number of nitrogens with zero attached hydrogens (tertiary/aromatic N) is 2. The van der Waals surface area contributed by atoms with E-state index in [0.717, 1.165) is 21.3 Å². The van der Waals surface area contributed by atoms with Crippen molar-refractivity contribution in [2.75, 3.05) is 9.80 Å². The van der Waals surface area contributed by atoms with Gasteiger partial charge in [0.1, 0.15) is 0 Å². The number of hydrogen-bond acceptors (Lipinski definition) is 2. The Morgan fingerprint density at radius 3 is 2.50 bits per heavy atom. The summed E-state index contributed by atoms with van der Waals surface area (Å²) in [6.07, 6.45) is 0. The summed E-state index contributed by atoms with van der Waals surface area (Å²) in [7, 11) is 0. The molecule has 0 saturated carbocycles. The van der Waals surface area contributed by atoms with E-state index >= 15 is 0 Å². The maximum Gasteiger partial charge on any atom is 0.261 e. The molecule has 1 spiro atoms. The summed E-state index contributed by atoms with van der Waals surface area (Å²) in [5.41, 5.74) is 2.55. The van der Waals surface area contributed by atoms with Gasteiger partial charge < -0.3 is 0 Å². The van der Waals surface area contributed by atoms with E-state index in [2.05, 4.69) is 31.9 Å². The summed E-state index contributed by atoms with van der Waals surface area (Å²) < 4.78 is 0.804. The molecule has 0 aromatic heterocycles. The SMILES string of the molecule is CC(=O)N1c2ccc(Cl)cc2[C@@H](Br)[C@]12c1ccc(Br)cc1C(=O)N2c1ccccc1. The number of benzene rings is 3. The number of halogens is 3. The lowest BCUT2D eigenvalue weighted by atomic mass is 9.93. The second-order valence-electron chi connectivity index (χ2n) is 7.31. The first kappa shape index (κ1) is 19.8. The standard InChI is InChI=1S/C23H15Br2ClN2O2/c1-13(29)27-20-10-8-15(26)12-18(20)21(25)23(27)19-9-7-14(24)11-17(19)22(30)28(23)16-5-3-2-4-6-16/h2-12,21H,1H3/t21-,23-/m1/s1. The van der Waals surface area contributed by atoms with E-state index in [1.54, 1.807) is 15.9 Å². The Hall–Kier alpha value is -2.15. The van der Waals surface area contributed by atoms with Crippen LogP contribution in [0.25, 0.3) is 0 Å². The van der Waals surface area contributed by atoms with Gasteiger partial charge in [0, 0.05) is 33.2 Å². The molecule has 0 unspecified atom stereocenters. The van der Waals surface area contributed by atoms with Crippen molar-refractivity contribution in [2.24, 2.45) is 0 Å². The van der Waals surface area contributed by atoms with Crippen LogP contribution < -0.4 is 9.80 Å². The van der Waals surface area contributed by atoms with Crippen molar-refractivity contribution in [2.45, 2.75) is 17.4 Å². The van der Waals surface area contributed by atoms with Crippen LogP contribution in [-0.4, -0.2) is 11.8 Å². The van der Waals surface area contributed by atoms with Gasteiger partial charge in [0.15, 0.2) is 5.66 Å². The molecule has 0 saturated heterocycles. The highest BCUT2D eigenvalue weighted by Crippen LogP contribution is 2.62. The summed E-state index contributed by atoms with van der Waals surface area (Å²) in [4.78, 5) is 29.9. The van der Waals surface area contributed by atoms with Gasteiger partial charge in [-0.2, -0.15) is 0 Å². The normalized spacial score (nSPS) is 21.9. The van der Waals surface area contributed by atoms with Crippen molar-refractivity contribution in [3.05, 3.63) is 92.9 Å². The zero-order chi connectivity index (χ0) is 21.2. The van der Waals surface area contributed by atoms with Gasteiger partial charge in [0.2, 0.25) is 5.91 Å². The lowest BCUT2D eigenvalue weighted by Crippen LogP contribution is -2.57. The van der Waals surface area contributed by atoms with Crippen LogP contribution in [0.2, 0.25) is 5.02 Å². The van der Waals surface area contributed by atoms with Gasteiger partial charge in [-0.05, 0) is 48.0 Å². The zero-order valence-corrected chi connectivity index (χ0v) is 19.7. The van der Waals surface area contributed by atoms with Crippen LogP contribution in [0.4, 0.5) is 11.4 Å². The number of hydrogen-bond donors (Lipinski definition) is 0. The van der Waals surface area contributed by atoms with E-state index in [4.69, 9.17) is 11.6 Å². The average Bonchev–Trinajstić information content (AvgIpc) is 3.12. The highest BCUT2D eigenvalue weighted by molar-refractivity contribution is 9.10. The third-order valence-corrected chi connectivity index (χ3v) is 7.54. The van der Waals surface area contributed by atoms with Gasteiger partial charge >= 0.3 is 0 Å². The molecule has 3 aromatic carbocycles. The van der Waals surface area contributed by atoms with E-state index in [0.29, 0.717) is 16.3 Å². The number of alkyl halides is 1. The summed E-state index contributed by atoms with van der Waals surface area (Å²) in [6, 6.07) is 20.5. The second kappa shape index (κ2) is 6.94. The Bertz CT molecular complexity index is 1220. The number of anilines is 2. The molecule has 0 fully saturated rings. The molecule has 150 valence electrons. The largest absolute Gasteiger partial charge is 0.282 e. The van der Waals surface area contributed by atoms with Crippen molar-refractivity contribution in [1.29, 1.82) is 0 Å². The number of amides is 2.